The molecule has 1 unspecified atom stereocenters. The Labute approximate surface area is 209 Å². The van der Waals surface area contributed by atoms with Gasteiger partial charge in [0.2, 0.25) is 6.79 Å². The zero-order chi connectivity index (χ0) is 24.7. The molecule has 3 aromatic rings. The maximum absolute atomic E-state index is 12.3. The van der Waals surface area contributed by atoms with Crippen LogP contribution in [0.3, 0.4) is 0 Å². The molecular weight excluding hydrogens is 464 g/mol. The van der Waals surface area contributed by atoms with Crippen molar-refractivity contribution < 1.29 is 33.0 Å². The van der Waals surface area contributed by atoms with E-state index in [-0.39, 0.29) is 25.1 Å². The molecule has 0 saturated carbocycles. The third-order valence-corrected chi connectivity index (χ3v) is 6.15. The third kappa shape index (κ3) is 5.84. The normalized spacial score (nSPS) is 14.7. The molecular formula is C27H30N2O7. The van der Waals surface area contributed by atoms with E-state index in [0.29, 0.717) is 42.8 Å². The van der Waals surface area contributed by atoms with E-state index in [1.165, 1.54) is 0 Å². The SMILES string of the molecule is CCOC(=O)CC(Cc1cc(OCCc2ccc3c(c2)NCCCO3)no1)c1ccc2c(c1)OCO2. The van der Waals surface area contributed by atoms with E-state index in [4.69, 9.17) is 28.2 Å². The summed E-state index contributed by atoms with van der Waals surface area (Å²) in [6.07, 6.45) is 2.38. The minimum absolute atomic E-state index is 0.173. The molecule has 190 valence electrons. The van der Waals surface area contributed by atoms with Gasteiger partial charge in [0.1, 0.15) is 11.5 Å². The maximum Gasteiger partial charge on any atom is 0.306 e. The van der Waals surface area contributed by atoms with Crippen molar-refractivity contribution in [1.82, 2.24) is 5.16 Å². The molecule has 1 atom stereocenters. The summed E-state index contributed by atoms with van der Waals surface area (Å²) < 4.78 is 33.2. The number of fused-ring (bicyclic) bond motifs is 2. The number of aromatic nitrogens is 1. The van der Waals surface area contributed by atoms with Crippen LogP contribution < -0.4 is 24.3 Å². The molecule has 3 heterocycles. The number of nitrogens with one attached hydrogen (secondary N) is 1. The molecule has 0 saturated heterocycles. The number of carbonyl (C=O) groups is 1. The monoisotopic (exact) mass is 494 g/mol. The fourth-order valence-electron chi connectivity index (χ4n) is 4.34. The van der Waals surface area contributed by atoms with E-state index in [2.05, 4.69) is 22.6 Å². The minimum Gasteiger partial charge on any atom is -0.491 e. The van der Waals surface area contributed by atoms with Gasteiger partial charge in [-0.25, -0.2) is 0 Å². The van der Waals surface area contributed by atoms with Gasteiger partial charge in [-0.15, -0.1) is 0 Å². The maximum atomic E-state index is 12.3. The molecule has 36 heavy (non-hydrogen) atoms. The second kappa shape index (κ2) is 11.2. The topological polar surface area (TPSA) is 101 Å². The van der Waals surface area contributed by atoms with Crippen LogP contribution in [0.25, 0.3) is 0 Å². The van der Waals surface area contributed by atoms with Gasteiger partial charge in [-0.3, -0.25) is 4.79 Å². The molecule has 0 spiro atoms. The minimum atomic E-state index is -0.267. The van der Waals surface area contributed by atoms with Gasteiger partial charge in [0.05, 0.1) is 31.9 Å². The third-order valence-electron chi connectivity index (χ3n) is 6.15. The number of esters is 1. The van der Waals surface area contributed by atoms with Crippen molar-refractivity contribution in [3.05, 3.63) is 59.4 Å². The lowest BCUT2D eigenvalue weighted by Gasteiger charge is -2.15. The average molecular weight is 495 g/mol. The second-order valence-corrected chi connectivity index (χ2v) is 8.71. The summed E-state index contributed by atoms with van der Waals surface area (Å²) in [5.41, 5.74) is 3.10. The highest BCUT2D eigenvalue weighted by molar-refractivity contribution is 5.70. The molecule has 2 aliphatic rings. The van der Waals surface area contributed by atoms with Gasteiger partial charge in [0.15, 0.2) is 11.5 Å². The van der Waals surface area contributed by atoms with Crippen molar-refractivity contribution in [2.75, 3.05) is 38.5 Å². The number of ether oxygens (including phenoxy) is 5. The lowest BCUT2D eigenvalue weighted by molar-refractivity contribution is -0.143. The van der Waals surface area contributed by atoms with E-state index in [1.807, 2.05) is 24.3 Å². The largest absolute Gasteiger partial charge is 0.491 e. The van der Waals surface area contributed by atoms with Crippen LogP contribution in [-0.4, -0.2) is 44.3 Å². The molecule has 2 aliphatic heterocycles. The first-order valence-electron chi connectivity index (χ1n) is 12.3. The Morgan fingerprint density at radius 2 is 1.97 bits per heavy atom. The molecule has 0 fully saturated rings. The van der Waals surface area contributed by atoms with E-state index < -0.39 is 0 Å². The standard InChI is InChI=1S/C27H30N2O7/c1-2-31-27(30)15-20(19-5-7-24-25(14-19)35-17-34-24)13-21-16-26(29-36-21)33-11-8-18-4-6-23-22(12-18)28-9-3-10-32-23/h4-7,12,14,16,20,28H,2-3,8-11,13,15,17H2,1H3. The summed E-state index contributed by atoms with van der Waals surface area (Å²) in [6, 6.07) is 13.6. The van der Waals surface area contributed by atoms with Crippen LogP contribution in [0.15, 0.2) is 47.0 Å². The van der Waals surface area contributed by atoms with Crippen LogP contribution in [0.5, 0.6) is 23.1 Å². The molecule has 1 N–H and O–H groups in total. The van der Waals surface area contributed by atoms with Crippen LogP contribution in [0.1, 0.15) is 42.6 Å². The van der Waals surface area contributed by atoms with Crippen LogP contribution in [0.2, 0.25) is 0 Å². The van der Waals surface area contributed by atoms with Gasteiger partial charge < -0.3 is 33.5 Å². The van der Waals surface area contributed by atoms with Gasteiger partial charge in [0.25, 0.3) is 5.88 Å². The van der Waals surface area contributed by atoms with E-state index >= 15 is 0 Å². The summed E-state index contributed by atoms with van der Waals surface area (Å²) >= 11 is 0. The number of hydrogen-bond acceptors (Lipinski definition) is 9. The first-order valence-corrected chi connectivity index (χ1v) is 12.3. The number of nitrogens with zero attached hydrogens (tertiary/aromatic N) is 1. The number of benzene rings is 2. The van der Waals surface area contributed by atoms with Crippen LogP contribution in [-0.2, 0) is 22.4 Å². The number of anilines is 1. The van der Waals surface area contributed by atoms with Crippen molar-refractivity contribution in [2.45, 2.75) is 38.5 Å². The zero-order valence-corrected chi connectivity index (χ0v) is 20.3. The first kappa shape index (κ1) is 23.8. The zero-order valence-electron chi connectivity index (χ0n) is 20.3. The lowest BCUT2D eigenvalue weighted by atomic mass is 9.91. The Kier molecular flexibility index (Phi) is 7.44. The first-order chi connectivity index (χ1) is 17.7. The van der Waals surface area contributed by atoms with Crippen LogP contribution in [0, 0.1) is 0 Å². The van der Waals surface area contributed by atoms with E-state index in [1.54, 1.807) is 13.0 Å². The Hall–Kier alpha value is -3.88. The van der Waals surface area contributed by atoms with Gasteiger partial charge >= 0.3 is 5.97 Å². The van der Waals surface area contributed by atoms with Crippen LogP contribution >= 0.6 is 0 Å². The van der Waals surface area contributed by atoms with Gasteiger partial charge in [0, 0.05) is 31.4 Å². The average Bonchev–Trinajstić information content (AvgIpc) is 3.47. The number of carbonyl (C=O) groups excluding carboxylic acids is 1. The summed E-state index contributed by atoms with van der Waals surface area (Å²) in [4.78, 5) is 12.3. The summed E-state index contributed by atoms with van der Waals surface area (Å²) in [5.74, 6) is 2.86. The fourth-order valence-corrected chi connectivity index (χ4v) is 4.34. The molecule has 0 aliphatic carbocycles. The predicted molar refractivity (Wildman–Crippen MR) is 131 cm³/mol. The molecule has 2 aromatic carbocycles. The predicted octanol–water partition coefficient (Wildman–Crippen LogP) is 4.50. The molecule has 0 radical (unpaired) electrons. The molecule has 9 heteroatoms. The summed E-state index contributed by atoms with van der Waals surface area (Å²) in [5, 5.41) is 7.46. The van der Waals surface area contributed by atoms with Crippen molar-refractivity contribution in [3.63, 3.8) is 0 Å². The molecule has 1 aromatic heterocycles. The highest BCUT2D eigenvalue weighted by atomic mass is 16.7. The van der Waals surface area contributed by atoms with Crippen molar-refractivity contribution >= 4 is 11.7 Å². The molecule has 0 amide bonds. The fraction of sp³-hybridized carbons (Fsp3) is 0.407. The van der Waals surface area contributed by atoms with Gasteiger partial charge in [-0.2, -0.15) is 0 Å². The van der Waals surface area contributed by atoms with Crippen molar-refractivity contribution in [3.8, 4) is 23.1 Å². The van der Waals surface area contributed by atoms with Gasteiger partial charge in [-0.05, 0) is 53.9 Å². The Balaban J connectivity index is 1.20. The molecule has 9 nitrogen and oxygen atoms in total. The van der Waals surface area contributed by atoms with Crippen molar-refractivity contribution in [1.29, 1.82) is 0 Å². The second-order valence-electron chi connectivity index (χ2n) is 8.71. The quantitative estimate of drug-likeness (QED) is 0.408. The number of rotatable bonds is 10. The Morgan fingerprint density at radius 3 is 2.89 bits per heavy atom. The molecule has 0 bridgehead atoms. The highest BCUT2D eigenvalue weighted by Crippen LogP contribution is 2.37. The number of hydrogen-bond donors (Lipinski definition) is 1. The molecule has 5 rings (SSSR count). The Morgan fingerprint density at radius 1 is 1.08 bits per heavy atom. The lowest BCUT2D eigenvalue weighted by Crippen LogP contribution is -2.12. The Bertz CT molecular complexity index is 1190. The summed E-state index contributed by atoms with van der Waals surface area (Å²) in [7, 11) is 0. The smallest absolute Gasteiger partial charge is 0.306 e. The highest BCUT2D eigenvalue weighted by Gasteiger charge is 2.23. The van der Waals surface area contributed by atoms with Gasteiger partial charge in [-0.1, -0.05) is 12.1 Å². The van der Waals surface area contributed by atoms with E-state index in [9.17, 15) is 4.79 Å². The summed E-state index contributed by atoms with van der Waals surface area (Å²) in [6.45, 7) is 4.41. The van der Waals surface area contributed by atoms with Crippen LogP contribution in [0.4, 0.5) is 5.69 Å². The van der Waals surface area contributed by atoms with E-state index in [0.717, 1.165) is 48.6 Å². The van der Waals surface area contributed by atoms with Crippen molar-refractivity contribution in [2.24, 2.45) is 0 Å².